The van der Waals surface area contributed by atoms with Crippen LogP contribution in [0.4, 0.5) is 0 Å². The molecule has 0 aromatic rings. The summed E-state index contributed by atoms with van der Waals surface area (Å²) in [4.78, 5) is 4.30. The molecule has 1 fully saturated rings. The highest BCUT2D eigenvalue weighted by Gasteiger charge is 2.38. The zero-order valence-electron chi connectivity index (χ0n) is 6.99. The van der Waals surface area contributed by atoms with E-state index in [-0.39, 0.29) is 5.54 Å². The molecule has 0 aromatic carbocycles. The molecule has 12 heavy (non-hydrogen) atoms. The van der Waals surface area contributed by atoms with Crippen LogP contribution in [0.15, 0.2) is 4.99 Å². The normalized spacial score (nSPS) is 28.6. The van der Waals surface area contributed by atoms with Crippen molar-refractivity contribution in [1.29, 1.82) is 0 Å². The summed E-state index contributed by atoms with van der Waals surface area (Å²) in [6.45, 7) is 2.38. The summed E-state index contributed by atoms with van der Waals surface area (Å²) in [6, 6.07) is 0.334. The number of amidine groups is 1. The van der Waals surface area contributed by atoms with Crippen LogP contribution in [-0.2, 0) is 4.74 Å². The van der Waals surface area contributed by atoms with Crippen LogP contribution in [0.2, 0.25) is 0 Å². The molecule has 0 aromatic heterocycles. The fourth-order valence-electron chi connectivity index (χ4n) is 1.70. The third-order valence-electron chi connectivity index (χ3n) is 2.56. The van der Waals surface area contributed by atoms with E-state index < -0.39 is 0 Å². The van der Waals surface area contributed by atoms with Crippen molar-refractivity contribution in [3.63, 3.8) is 0 Å². The third kappa shape index (κ3) is 1.25. The minimum absolute atomic E-state index is 0.0556. The standard InChI is InChI=1S/C7H14N4O/c8-6-10-7(5-12-6)1-3-11(9)4-2-7/h1-5,9H2,(H2,8,10). The van der Waals surface area contributed by atoms with Gasteiger partial charge in [0.05, 0.1) is 0 Å². The molecule has 0 saturated carbocycles. The largest absolute Gasteiger partial charge is 0.463 e. The van der Waals surface area contributed by atoms with Crippen molar-refractivity contribution in [3.05, 3.63) is 0 Å². The minimum atomic E-state index is -0.0556. The summed E-state index contributed by atoms with van der Waals surface area (Å²) in [5.41, 5.74) is 5.40. The lowest BCUT2D eigenvalue weighted by molar-refractivity contribution is 0.136. The third-order valence-corrected chi connectivity index (χ3v) is 2.56. The van der Waals surface area contributed by atoms with Gasteiger partial charge in [0.1, 0.15) is 12.1 Å². The molecule has 1 spiro atoms. The molecule has 0 radical (unpaired) electrons. The topological polar surface area (TPSA) is 76.9 Å². The number of nitrogens with zero attached hydrogens (tertiary/aromatic N) is 2. The Morgan fingerprint density at radius 1 is 1.42 bits per heavy atom. The van der Waals surface area contributed by atoms with Crippen LogP contribution < -0.4 is 11.6 Å². The molecule has 0 amide bonds. The molecular weight excluding hydrogens is 156 g/mol. The molecule has 0 atom stereocenters. The predicted molar refractivity (Wildman–Crippen MR) is 45.3 cm³/mol. The number of hydrazine groups is 1. The van der Waals surface area contributed by atoms with E-state index in [4.69, 9.17) is 16.3 Å². The second-order valence-corrected chi connectivity index (χ2v) is 3.50. The Morgan fingerprint density at radius 3 is 2.58 bits per heavy atom. The van der Waals surface area contributed by atoms with E-state index in [1.54, 1.807) is 0 Å². The van der Waals surface area contributed by atoms with Gasteiger partial charge in [-0.25, -0.2) is 10.0 Å². The average Bonchev–Trinajstić information content (AvgIpc) is 2.40. The fourth-order valence-corrected chi connectivity index (χ4v) is 1.70. The Balaban J connectivity index is 2.04. The summed E-state index contributed by atoms with van der Waals surface area (Å²) in [5.74, 6) is 5.63. The lowest BCUT2D eigenvalue weighted by Crippen LogP contribution is -2.47. The summed E-state index contributed by atoms with van der Waals surface area (Å²) in [6.07, 6.45) is 1.90. The van der Waals surface area contributed by atoms with E-state index in [2.05, 4.69) is 4.99 Å². The van der Waals surface area contributed by atoms with Crippen molar-refractivity contribution in [1.82, 2.24) is 5.01 Å². The van der Waals surface area contributed by atoms with E-state index in [1.165, 1.54) is 0 Å². The summed E-state index contributed by atoms with van der Waals surface area (Å²) in [7, 11) is 0. The van der Waals surface area contributed by atoms with Crippen molar-refractivity contribution in [2.24, 2.45) is 16.6 Å². The van der Waals surface area contributed by atoms with Crippen molar-refractivity contribution < 1.29 is 4.74 Å². The molecule has 2 heterocycles. The zero-order chi connectivity index (χ0) is 8.60. The van der Waals surface area contributed by atoms with E-state index in [0.29, 0.717) is 12.6 Å². The van der Waals surface area contributed by atoms with E-state index in [1.807, 2.05) is 5.01 Å². The maximum absolute atomic E-state index is 5.63. The Morgan fingerprint density at radius 2 is 2.08 bits per heavy atom. The Kier molecular flexibility index (Phi) is 1.69. The van der Waals surface area contributed by atoms with Crippen molar-refractivity contribution in [2.75, 3.05) is 19.7 Å². The van der Waals surface area contributed by atoms with Crippen LogP contribution in [0.5, 0.6) is 0 Å². The zero-order valence-corrected chi connectivity index (χ0v) is 6.99. The summed E-state index contributed by atoms with van der Waals surface area (Å²) < 4.78 is 5.15. The highest BCUT2D eigenvalue weighted by Crippen LogP contribution is 2.28. The molecule has 5 nitrogen and oxygen atoms in total. The van der Waals surface area contributed by atoms with Crippen LogP contribution >= 0.6 is 0 Å². The molecule has 0 bridgehead atoms. The molecule has 0 aliphatic carbocycles. The number of rotatable bonds is 0. The van der Waals surface area contributed by atoms with Gasteiger partial charge in [-0.2, -0.15) is 0 Å². The van der Waals surface area contributed by atoms with Crippen LogP contribution in [0, 0.1) is 0 Å². The van der Waals surface area contributed by atoms with Gasteiger partial charge in [-0.15, -0.1) is 0 Å². The van der Waals surface area contributed by atoms with E-state index >= 15 is 0 Å². The monoisotopic (exact) mass is 170 g/mol. The highest BCUT2D eigenvalue weighted by molar-refractivity contribution is 5.73. The second-order valence-electron chi connectivity index (χ2n) is 3.50. The van der Waals surface area contributed by atoms with Gasteiger partial charge in [0.25, 0.3) is 6.02 Å². The molecule has 2 rings (SSSR count). The number of hydrogen-bond donors (Lipinski definition) is 2. The van der Waals surface area contributed by atoms with Crippen molar-refractivity contribution >= 4 is 6.02 Å². The first-order chi connectivity index (χ1) is 5.70. The molecule has 2 aliphatic rings. The van der Waals surface area contributed by atoms with Crippen LogP contribution in [0.1, 0.15) is 12.8 Å². The first-order valence-electron chi connectivity index (χ1n) is 4.18. The quantitative estimate of drug-likeness (QED) is 0.459. The molecule has 1 saturated heterocycles. The molecule has 4 N–H and O–H groups in total. The molecule has 0 unspecified atom stereocenters. The fraction of sp³-hybridized carbons (Fsp3) is 0.857. The first kappa shape index (κ1) is 7.82. The van der Waals surface area contributed by atoms with Crippen LogP contribution in [0.3, 0.4) is 0 Å². The number of piperidine rings is 1. The lowest BCUT2D eigenvalue weighted by Gasteiger charge is -2.33. The Labute approximate surface area is 71.3 Å². The van der Waals surface area contributed by atoms with Gasteiger partial charge in [-0.1, -0.05) is 0 Å². The van der Waals surface area contributed by atoms with Gasteiger partial charge in [0.2, 0.25) is 0 Å². The smallest absolute Gasteiger partial charge is 0.282 e. The lowest BCUT2D eigenvalue weighted by atomic mass is 9.90. The summed E-state index contributed by atoms with van der Waals surface area (Å²) in [5, 5.41) is 1.81. The maximum Gasteiger partial charge on any atom is 0.282 e. The second kappa shape index (κ2) is 2.60. The van der Waals surface area contributed by atoms with Crippen LogP contribution in [0.25, 0.3) is 0 Å². The molecule has 68 valence electrons. The number of hydrogen-bond acceptors (Lipinski definition) is 5. The van der Waals surface area contributed by atoms with Gasteiger partial charge in [-0.3, -0.25) is 5.84 Å². The van der Waals surface area contributed by atoms with Crippen molar-refractivity contribution in [3.8, 4) is 0 Å². The SMILES string of the molecule is NC1=NC2(CCN(N)CC2)CO1. The maximum atomic E-state index is 5.63. The van der Waals surface area contributed by atoms with E-state index in [9.17, 15) is 0 Å². The number of aliphatic imine (C=N–C) groups is 1. The van der Waals surface area contributed by atoms with Gasteiger partial charge in [0.15, 0.2) is 0 Å². The van der Waals surface area contributed by atoms with Crippen LogP contribution in [-0.4, -0.2) is 36.3 Å². The molecule has 5 heteroatoms. The van der Waals surface area contributed by atoms with Gasteiger partial charge < -0.3 is 10.5 Å². The van der Waals surface area contributed by atoms with Gasteiger partial charge in [-0.05, 0) is 12.8 Å². The highest BCUT2D eigenvalue weighted by atomic mass is 16.5. The number of ether oxygens (including phenoxy) is 1. The minimum Gasteiger partial charge on any atom is -0.463 e. The van der Waals surface area contributed by atoms with Gasteiger partial charge in [0, 0.05) is 13.1 Å². The predicted octanol–water partition coefficient (Wildman–Crippen LogP) is -0.960. The van der Waals surface area contributed by atoms with Crippen molar-refractivity contribution in [2.45, 2.75) is 18.4 Å². The Bertz CT molecular complexity index is 207. The first-order valence-corrected chi connectivity index (χ1v) is 4.18. The molecule has 2 aliphatic heterocycles. The Hall–Kier alpha value is -0.810. The molecular formula is C7H14N4O. The summed E-state index contributed by atoms with van der Waals surface area (Å²) >= 11 is 0. The average molecular weight is 170 g/mol. The van der Waals surface area contributed by atoms with E-state index in [0.717, 1.165) is 25.9 Å². The number of nitrogens with two attached hydrogens (primary N) is 2. The van der Waals surface area contributed by atoms with Gasteiger partial charge >= 0.3 is 0 Å².